The summed E-state index contributed by atoms with van der Waals surface area (Å²) in [6.07, 6.45) is 6.32. The van der Waals surface area contributed by atoms with Crippen LogP contribution in [0.2, 0.25) is 0 Å². The molecule has 3 aromatic rings. The SMILES string of the molecule is COC1=CC=CNC1(C=O)c1cccc(C)c1-c1ccc2nc(N)c(N3CCOCC3)cc2c1. The Kier molecular flexibility index (Phi) is 5.71. The lowest BCUT2D eigenvalue weighted by Crippen LogP contribution is -2.45. The van der Waals surface area contributed by atoms with E-state index in [4.69, 9.17) is 15.2 Å². The molecular weight excluding hydrogens is 428 g/mol. The van der Waals surface area contributed by atoms with Crippen molar-refractivity contribution in [1.29, 1.82) is 0 Å². The fourth-order valence-electron chi connectivity index (χ4n) is 4.89. The normalized spacial score (nSPS) is 20.1. The topological polar surface area (TPSA) is 89.7 Å². The average molecular weight is 457 g/mol. The van der Waals surface area contributed by atoms with Crippen LogP contribution in [0.3, 0.4) is 0 Å². The van der Waals surface area contributed by atoms with Crippen molar-refractivity contribution in [3.8, 4) is 11.1 Å². The second kappa shape index (κ2) is 8.83. The van der Waals surface area contributed by atoms with Crippen LogP contribution in [0.1, 0.15) is 11.1 Å². The largest absolute Gasteiger partial charge is 0.498 e. The lowest BCUT2D eigenvalue weighted by Gasteiger charge is -2.34. The summed E-state index contributed by atoms with van der Waals surface area (Å²) in [5.41, 5.74) is 10.8. The van der Waals surface area contributed by atoms with Crippen molar-refractivity contribution < 1.29 is 14.3 Å². The van der Waals surface area contributed by atoms with E-state index in [9.17, 15) is 4.79 Å². The maximum Gasteiger partial charge on any atom is 0.177 e. The Labute approximate surface area is 198 Å². The zero-order valence-electron chi connectivity index (χ0n) is 19.4. The minimum atomic E-state index is -1.11. The molecule has 0 bridgehead atoms. The van der Waals surface area contributed by atoms with Gasteiger partial charge in [0.15, 0.2) is 11.8 Å². The molecule has 1 saturated heterocycles. The number of aldehydes is 1. The maximum absolute atomic E-state index is 12.6. The lowest BCUT2D eigenvalue weighted by molar-refractivity contribution is -0.113. The lowest BCUT2D eigenvalue weighted by atomic mass is 9.80. The second-order valence-electron chi connectivity index (χ2n) is 8.56. The molecule has 1 atom stereocenters. The first-order chi connectivity index (χ1) is 16.6. The molecule has 0 spiro atoms. The summed E-state index contributed by atoms with van der Waals surface area (Å²) >= 11 is 0. The Hall–Kier alpha value is -3.84. The fourth-order valence-corrected chi connectivity index (χ4v) is 4.89. The number of allylic oxidation sites excluding steroid dienone is 2. The molecule has 0 saturated carbocycles. The van der Waals surface area contributed by atoms with E-state index in [1.54, 1.807) is 13.3 Å². The van der Waals surface area contributed by atoms with Crippen LogP contribution in [0.4, 0.5) is 11.5 Å². The number of anilines is 2. The van der Waals surface area contributed by atoms with Crippen LogP contribution >= 0.6 is 0 Å². The first kappa shape index (κ1) is 22.0. The van der Waals surface area contributed by atoms with E-state index in [-0.39, 0.29) is 0 Å². The number of aromatic nitrogens is 1. The summed E-state index contributed by atoms with van der Waals surface area (Å²) in [7, 11) is 1.58. The maximum atomic E-state index is 12.6. The molecule has 7 heteroatoms. The first-order valence-corrected chi connectivity index (χ1v) is 11.4. The number of nitrogens with one attached hydrogen (secondary N) is 1. The van der Waals surface area contributed by atoms with Crippen LogP contribution in [-0.4, -0.2) is 44.7 Å². The van der Waals surface area contributed by atoms with Gasteiger partial charge >= 0.3 is 0 Å². The number of morpholine rings is 1. The number of dihydropyridines is 1. The van der Waals surface area contributed by atoms with Crippen molar-refractivity contribution in [2.45, 2.75) is 12.5 Å². The molecule has 3 heterocycles. The van der Waals surface area contributed by atoms with Gasteiger partial charge in [-0.25, -0.2) is 4.98 Å². The van der Waals surface area contributed by atoms with Gasteiger partial charge in [-0.2, -0.15) is 0 Å². The molecule has 2 aliphatic rings. The average Bonchev–Trinajstić information content (AvgIpc) is 2.88. The minimum absolute atomic E-state index is 0.520. The zero-order chi connectivity index (χ0) is 23.7. The standard InChI is InChI=1S/C27H28N4O3/c1-18-5-3-6-21(27(17-32)24(33-2)7-4-10-29-27)25(18)19-8-9-22-20(15-19)16-23(26(28)30-22)31-11-13-34-14-12-31/h3-10,15-17,29H,11-14H2,1-2H3,(H2,28,30). The highest BCUT2D eigenvalue weighted by Gasteiger charge is 2.40. The predicted molar refractivity (Wildman–Crippen MR) is 134 cm³/mol. The molecule has 1 fully saturated rings. The van der Waals surface area contributed by atoms with E-state index in [0.29, 0.717) is 24.8 Å². The third-order valence-corrected chi connectivity index (χ3v) is 6.60. The van der Waals surface area contributed by atoms with Crippen molar-refractivity contribution >= 4 is 28.7 Å². The highest BCUT2D eigenvalue weighted by molar-refractivity contribution is 5.92. The quantitative estimate of drug-likeness (QED) is 0.566. The van der Waals surface area contributed by atoms with E-state index >= 15 is 0 Å². The van der Waals surface area contributed by atoms with Gasteiger partial charge in [0, 0.05) is 24.0 Å². The number of benzene rings is 2. The van der Waals surface area contributed by atoms with Gasteiger partial charge in [-0.3, -0.25) is 4.79 Å². The number of methoxy groups -OCH3 is 1. The Morgan fingerprint density at radius 2 is 2.03 bits per heavy atom. The molecule has 3 N–H and O–H groups in total. The number of ether oxygens (including phenoxy) is 2. The van der Waals surface area contributed by atoms with Crippen LogP contribution in [-0.2, 0) is 19.8 Å². The van der Waals surface area contributed by atoms with Gasteiger partial charge in [0.1, 0.15) is 11.6 Å². The first-order valence-electron chi connectivity index (χ1n) is 11.4. The molecule has 2 aliphatic heterocycles. The fraction of sp³-hybridized carbons (Fsp3) is 0.259. The van der Waals surface area contributed by atoms with Crippen molar-refractivity contribution in [3.63, 3.8) is 0 Å². The second-order valence-corrected chi connectivity index (χ2v) is 8.56. The molecule has 5 rings (SSSR count). The van der Waals surface area contributed by atoms with Crippen LogP contribution in [0.15, 0.2) is 66.6 Å². The molecule has 0 aliphatic carbocycles. The predicted octanol–water partition coefficient (Wildman–Crippen LogP) is 3.67. The number of hydrogen-bond acceptors (Lipinski definition) is 7. The van der Waals surface area contributed by atoms with Gasteiger partial charge < -0.3 is 25.4 Å². The van der Waals surface area contributed by atoms with Gasteiger partial charge in [-0.15, -0.1) is 0 Å². The zero-order valence-corrected chi connectivity index (χ0v) is 19.4. The summed E-state index contributed by atoms with van der Waals surface area (Å²) in [6, 6.07) is 14.2. The summed E-state index contributed by atoms with van der Waals surface area (Å²) in [4.78, 5) is 19.4. The van der Waals surface area contributed by atoms with E-state index < -0.39 is 5.54 Å². The van der Waals surface area contributed by atoms with Crippen LogP contribution in [0.25, 0.3) is 22.0 Å². The molecule has 34 heavy (non-hydrogen) atoms. The van der Waals surface area contributed by atoms with Crippen LogP contribution < -0.4 is 16.0 Å². The number of carbonyl (C=O) groups is 1. The van der Waals surface area contributed by atoms with Gasteiger partial charge in [-0.1, -0.05) is 24.3 Å². The molecule has 0 radical (unpaired) electrons. The summed E-state index contributed by atoms with van der Waals surface area (Å²) < 4.78 is 11.1. The number of nitrogens with two attached hydrogens (primary N) is 1. The summed E-state index contributed by atoms with van der Waals surface area (Å²) in [5.74, 6) is 1.06. The molecule has 0 amide bonds. The van der Waals surface area contributed by atoms with Crippen molar-refractivity contribution in [1.82, 2.24) is 10.3 Å². The van der Waals surface area contributed by atoms with Crippen LogP contribution in [0, 0.1) is 6.92 Å². The molecule has 7 nitrogen and oxygen atoms in total. The van der Waals surface area contributed by atoms with Crippen molar-refractivity contribution in [2.24, 2.45) is 0 Å². The van der Waals surface area contributed by atoms with Gasteiger partial charge in [-0.05, 0) is 60.2 Å². The highest BCUT2D eigenvalue weighted by Crippen LogP contribution is 2.40. The van der Waals surface area contributed by atoms with E-state index in [2.05, 4.69) is 40.3 Å². The van der Waals surface area contributed by atoms with Gasteiger partial charge in [0.05, 0.1) is 31.5 Å². The number of nitrogens with zero attached hydrogens (tertiary/aromatic N) is 2. The monoisotopic (exact) mass is 456 g/mol. The number of pyridine rings is 1. The smallest absolute Gasteiger partial charge is 0.177 e. The molecule has 174 valence electrons. The number of hydrogen-bond donors (Lipinski definition) is 2. The van der Waals surface area contributed by atoms with Gasteiger partial charge in [0.2, 0.25) is 0 Å². The third kappa shape index (κ3) is 3.58. The van der Waals surface area contributed by atoms with Crippen LogP contribution in [0.5, 0.6) is 0 Å². The Morgan fingerprint density at radius 1 is 1.21 bits per heavy atom. The number of fused-ring (bicyclic) bond motifs is 1. The summed E-state index contributed by atoms with van der Waals surface area (Å²) in [5, 5.41) is 4.23. The summed E-state index contributed by atoms with van der Waals surface area (Å²) in [6.45, 7) is 4.97. The van der Waals surface area contributed by atoms with E-state index in [1.165, 1.54) is 0 Å². The molecule has 1 aromatic heterocycles. The third-order valence-electron chi connectivity index (χ3n) is 6.60. The number of aryl methyl sites for hydroxylation is 1. The Bertz CT molecular complexity index is 1310. The van der Waals surface area contributed by atoms with E-state index in [1.807, 2.05) is 36.4 Å². The van der Waals surface area contributed by atoms with Gasteiger partial charge in [0.25, 0.3) is 0 Å². The Balaban J connectivity index is 1.67. The molecule has 2 aromatic carbocycles. The van der Waals surface area contributed by atoms with Crippen molar-refractivity contribution in [3.05, 3.63) is 77.7 Å². The molecule has 1 unspecified atom stereocenters. The van der Waals surface area contributed by atoms with Crippen molar-refractivity contribution in [2.75, 3.05) is 44.0 Å². The number of rotatable bonds is 5. The Morgan fingerprint density at radius 3 is 2.79 bits per heavy atom. The van der Waals surface area contributed by atoms with E-state index in [0.717, 1.165) is 58.2 Å². The highest BCUT2D eigenvalue weighted by atomic mass is 16.5. The molecular formula is C27H28N4O3. The number of nitrogen functional groups attached to an aromatic ring is 1. The minimum Gasteiger partial charge on any atom is -0.498 e. The number of carbonyl (C=O) groups excluding carboxylic acids is 1.